The number of pyridine rings is 2. The van der Waals surface area contributed by atoms with Crippen LogP contribution in [0.3, 0.4) is 0 Å². The molecule has 2 aliphatic rings. The number of benzene rings is 1. The fraction of sp³-hybridized carbons (Fsp3) is 0.462. The molecule has 1 aromatic carbocycles. The highest BCUT2D eigenvalue weighted by Gasteiger charge is 2.39. The van der Waals surface area contributed by atoms with Crippen LogP contribution in [0.1, 0.15) is 36.6 Å². The number of hydrogen-bond donors (Lipinski definition) is 3. The fourth-order valence-electron chi connectivity index (χ4n) is 5.86. The van der Waals surface area contributed by atoms with Crippen molar-refractivity contribution in [2.45, 2.75) is 46.2 Å². The maximum absolute atomic E-state index is 10.3. The molecule has 2 aromatic heterocycles. The largest absolute Gasteiger partial charge is 0.493 e. The van der Waals surface area contributed by atoms with Gasteiger partial charge in [0.25, 0.3) is 0 Å². The maximum Gasteiger partial charge on any atom is 0.216 e. The molecule has 7 heteroatoms. The highest BCUT2D eigenvalue weighted by Crippen LogP contribution is 2.41. The van der Waals surface area contributed by atoms with E-state index in [9.17, 15) is 5.11 Å². The van der Waals surface area contributed by atoms with Gasteiger partial charge in [0.2, 0.25) is 5.88 Å². The van der Waals surface area contributed by atoms with Gasteiger partial charge in [-0.1, -0.05) is 11.6 Å². The topological polar surface area (TPSA) is 73.3 Å². The van der Waals surface area contributed by atoms with Gasteiger partial charge in [-0.05, 0) is 88.4 Å². The van der Waals surface area contributed by atoms with E-state index in [0.717, 1.165) is 64.9 Å². The van der Waals surface area contributed by atoms with Crippen LogP contribution in [0.5, 0.6) is 5.88 Å². The molecule has 1 aliphatic carbocycles. The normalized spacial score (nSPS) is 22.0. The van der Waals surface area contributed by atoms with Crippen molar-refractivity contribution in [3.8, 4) is 5.88 Å². The molecule has 3 N–H and O–H groups in total. The zero-order chi connectivity index (χ0) is 23.1. The zero-order valence-corrected chi connectivity index (χ0v) is 20.3. The minimum atomic E-state index is 0.0670. The Bertz CT molecular complexity index is 1150. The van der Waals surface area contributed by atoms with Gasteiger partial charge in [-0.2, -0.15) is 0 Å². The first-order chi connectivity index (χ1) is 15.9. The summed E-state index contributed by atoms with van der Waals surface area (Å²) >= 11 is 6.64. The molecular weight excluding hydrogens is 434 g/mol. The van der Waals surface area contributed by atoms with Crippen LogP contribution in [0.2, 0.25) is 5.02 Å². The van der Waals surface area contributed by atoms with Crippen LogP contribution in [-0.2, 0) is 6.54 Å². The summed E-state index contributed by atoms with van der Waals surface area (Å²) in [5.41, 5.74) is 3.77. The molecule has 2 unspecified atom stereocenters. The van der Waals surface area contributed by atoms with Gasteiger partial charge in [-0.25, -0.2) is 9.97 Å². The van der Waals surface area contributed by atoms with Crippen LogP contribution in [-0.4, -0.2) is 40.8 Å². The van der Waals surface area contributed by atoms with E-state index in [2.05, 4.69) is 44.6 Å². The van der Waals surface area contributed by atoms with Crippen LogP contribution >= 0.6 is 11.6 Å². The molecule has 0 spiro atoms. The number of rotatable bonds is 6. The Labute approximate surface area is 200 Å². The molecular formula is C26H32ClN5O. The van der Waals surface area contributed by atoms with Crippen molar-refractivity contribution in [3.63, 3.8) is 0 Å². The van der Waals surface area contributed by atoms with Gasteiger partial charge < -0.3 is 20.6 Å². The minimum Gasteiger partial charge on any atom is -0.493 e. The molecule has 5 rings (SSSR count). The number of nitrogens with zero attached hydrogens (tertiary/aromatic N) is 3. The second-order valence-electron chi connectivity index (χ2n) is 9.51. The van der Waals surface area contributed by atoms with Crippen molar-refractivity contribution in [3.05, 3.63) is 52.3 Å². The molecule has 1 saturated heterocycles. The molecule has 0 radical (unpaired) electrons. The van der Waals surface area contributed by atoms with E-state index in [4.69, 9.17) is 11.6 Å². The summed E-state index contributed by atoms with van der Waals surface area (Å²) in [6.07, 6.45) is 4.31. The lowest BCUT2D eigenvalue weighted by molar-refractivity contribution is 0.445. The van der Waals surface area contributed by atoms with E-state index in [1.54, 1.807) is 0 Å². The number of aryl methyl sites for hydroxylation is 2. The highest BCUT2D eigenvalue weighted by atomic mass is 35.5. The van der Waals surface area contributed by atoms with E-state index >= 15 is 0 Å². The van der Waals surface area contributed by atoms with E-state index in [-0.39, 0.29) is 5.88 Å². The van der Waals surface area contributed by atoms with E-state index in [0.29, 0.717) is 17.6 Å². The molecule has 1 saturated carbocycles. The van der Waals surface area contributed by atoms with Crippen molar-refractivity contribution in [2.24, 2.45) is 11.8 Å². The SMILES string of the molecule is CCN(c1cc(Cl)cc2c(NCc3c(C)cc(C)nc3O)nccc12)C1CC2CNCC2C1. The summed E-state index contributed by atoms with van der Waals surface area (Å²) in [6.45, 7) is 9.78. The first-order valence-corrected chi connectivity index (χ1v) is 12.3. The van der Waals surface area contributed by atoms with Crippen LogP contribution < -0.4 is 15.5 Å². The summed E-state index contributed by atoms with van der Waals surface area (Å²) in [5.74, 6) is 2.40. The van der Waals surface area contributed by atoms with Gasteiger partial charge in [-0.15, -0.1) is 0 Å². The van der Waals surface area contributed by atoms with Crippen molar-refractivity contribution in [1.29, 1.82) is 0 Å². The lowest BCUT2D eigenvalue weighted by atomic mass is 10.0. The molecule has 2 atom stereocenters. The van der Waals surface area contributed by atoms with Gasteiger partial charge in [0.05, 0.1) is 0 Å². The van der Waals surface area contributed by atoms with Crippen molar-refractivity contribution in [1.82, 2.24) is 15.3 Å². The summed E-state index contributed by atoms with van der Waals surface area (Å²) < 4.78 is 0. The third-order valence-corrected chi connectivity index (χ3v) is 7.65. The number of hydrogen-bond acceptors (Lipinski definition) is 6. The standard InChI is InChI=1S/C26H32ClN5O/c1-4-32(20-8-17-12-28-13-18(17)9-20)24-11-19(27)10-22-21(24)5-6-29-25(22)30-14-23-15(2)7-16(3)31-26(23)33/h5-7,10-11,17-18,20,28H,4,8-9,12-14H2,1-3H3,(H,29,30)(H,31,33). The summed E-state index contributed by atoms with van der Waals surface area (Å²) in [5, 5.41) is 20.2. The Hall–Kier alpha value is -2.57. The zero-order valence-electron chi connectivity index (χ0n) is 19.5. The Morgan fingerprint density at radius 1 is 1.15 bits per heavy atom. The first kappa shape index (κ1) is 22.2. The Morgan fingerprint density at radius 2 is 1.91 bits per heavy atom. The molecule has 3 heterocycles. The molecule has 0 amide bonds. The Morgan fingerprint density at radius 3 is 2.61 bits per heavy atom. The maximum atomic E-state index is 10.3. The predicted octanol–water partition coefficient (Wildman–Crippen LogP) is 5.04. The molecule has 33 heavy (non-hydrogen) atoms. The van der Waals surface area contributed by atoms with Crippen LogP contribution in [0.15, 0.2) is 30.5 Å². The molecule has 6 nitrogen and oxygen atoms in total. The first-order valence-electron chi connectivity index (χ1n) is 11.9. The third kappa shape index (κ3) is 4.22. The van der Waals surface area contributed by atoms with E-state index in [1.165, 1.54) is 18.5 Å². The van der Waals surface area contributed by atoms with Gasteiger partial charge in [0, 0.05) is 58.1 Å². The number of aromatic hydroxyl groups is 1. The van der Waals surface area contributed by atoms with Crippen LogP contribution in [0.25, 0.3) is 10.8 Å². The van der Waals surface area contributed by atoms with E-state index < -0.39 is 0 Å². The summed E-state index contributed by atoms with van der Waals surface area (Å²) in [4.78, 5) is 11.4. The number of aromatic nitrogens is 2. The van der Waals surface area contributed by atoms with Gasteiger partial charge in [-0.3, -0.25) is 0 Å². The monoisotopic (exact) mass is 465 g/mol. The average molecular weight is 466 g/mol. The second-order valence-corrected chi connectivity index (χ2v) is 9.94. The lowest BCUT2D eigenvalue weighted by Crippen LogP contribution is -2.34. The molecule has 174 valence electrons. The van der Waals surface area contributed by atoms with Crippen LogP contribution in [0, 0.1) is 25.7 Å². The van der Waals surface area contributed by atoms with E-state index in [1.807, 2.05) is 32.2 Å². The summed E-state index contributed by atoms with van der Waals surface area (Å²) in [7, 11) is 0. The highest BCUT2D eigenvalue weighted by molar-refractivity contribution is 6.32. The van der Waals surface area contributed by atoms with Gasteiger partial charge in [0.15, 0.2) is 0 Å². The average Bonchev–Trinajstić information content (AvgIpc) is 3.36. The Kier molecular flexibility index (Phi) is 6.06. The summed E-state index contributed by atoms with van der Waals surface area (Å²) in [6, 6.07) is 8.69. The fourth-order valence-corrected chi connectivity index (χ4v) is 6.07. The van der Waals surface area contributed by atoms with Crippen LogP contribution in [0.4, 0.5) is 11.5 Å². The number of halogens is 1. The van der Waals surface area contributed by atoms with Gasteiger partial charge in [0.1, 0.15) is 5.82 Å². The minimum absolute atomic E-state index is 0.0670. The lowest BCUT2D eigenvalue weighted by Gasteiger charge is -2.32. The van der Waals surface area contributed by atoms with Crippen molar-refractivity contribution >= 4 is 33.9 Å². The predicted molar refractivity (Wildman–Crippen MR) is 135 cm³/mol. The quantitative estimate of drug-likeness (QED) is 0.473. The molecule has 3 aromatic rings. The molecule has 1 aliphatic heterocycles. The Balaban J connectivity index is 1.47. The molecule has 2 fully saturated rings. The van der Waals surface area contributed by atoms with Crippen molar-refractivity contribution in [2.75, 3.05) is 29.9 Å². The number of fused-ring (bicyclic) bond motifs is 2. The second kappa shape index (κ2) is 8.99. The number of nitrogens with one attached hydrogen (secondary N) is 2. The van der Waals surface area contributed by atoms with Gasteiger partial charge >= 0.3 is 0 Å². The molecule has 0 bridgehead atoms. The number of anilines is 2. The van der Waals surface area contributed by atoms with Crippen molar-refractivity contribution < 1.29 is 5.11 Å². The third-order valence-electron chi connectivity index (χ3n) is 7.43. The smallest absolute Gasteiger partial charge is 0.216 e.